The van der Waals surface area contributed by atoms with Crippen LogP contribution in [0.5, 0.6) is 0 Å². The summed E-state index contributed by atoms with van der Waals surface area (Å²) >= 11 is 0. The van der Waals surface area contributed by atoms with Crippen LogP contribution < -0.4 is 5.32 Å². The molecule has 4 nitrogen and oxygen atoms in total. The molecule has 162 valence electrons. The van der Waals surface area contributed by atoms with Crippen molar-refractivity contribution in [1.82, 2.24) is 4.90 Å². The number of carbonyl (C=O) groups excluding carboxylic acids is 2. The fraction of sp³-hybridized carbons (Fsp3) is 0.462. The summed E-state index contributed by atoms with van der Waals surface area (Å²) in [6.07, 6.45) is 2.89. The van der Waals surface area contributed by atoms with Crippen LogP contribution >= 0.6 is 0 Å². The molecule has 0 saturated carbocycles. The van der Waals surface area contributed by atoms with E-state index in [-0.39, 0.29) is 17.7 Å². The van der Waals surface area contributed by atoms with Gasteiger partial charge in [-0.15, -0.1) is 0 Å². The van der Waals surface area contributed by atoms with Gasteiger partial charge >= 0.3 is 0 Å². The predicted molar refractivity (Wildman–Crippen MR) is 125 cm³/mol. The molecule has 2 rings (SSSR count). The molecule has 4 heteroatoms. The van der Waals surface area contributed by atoms with Crippen molar-refractivity contribution in [1.29, 1.82) is 0 Å². The molecule has 2 aromatic rings. The van der Waals surface area contributed by atoms with Crippen molar-refractivity contribution in [2.24, 2.45) is 5.92 Å². The van der Waals surface area contributed by atoms with Crippen LogP contribution in [-0.2, 0) is 11.2 Å². The molecule has 1 N–H and O–H groups in total. The first-order valence-electron chi connectivity index (χ1n) is 11.1. The molecule has 0 aliphatic rings. The smallest absolute Gasteiger partial charge is 0.253 e. The third-order valence-corrected chi connectivity index (χ3v) is 5.17. The normalized spacial score (nSPS) is 11.9. The van der Waals surface area contributed by atoms with Gasteiger partial charge in [0.05, 0.1) is 5.92 Å². The summed E-state index contributed by atoms with van der Waals surface area (Å²) in [5, 5.41) is 2.98. The van der Waals surface area contributed by atoms with Gasteiger partial charge in [0.2, 0.25) is 5.91 Å². The Morgan fingerprint density at radius 3 is 2.13 bits per heavy atom. The molecule has 0 spiro atoms. The number of hydrogen-bond acceptors (Lipinski definition) is 2. The van der Waals surface area contributed by atoms with Gasteiger partial charge in [0.15, 0.2) is 0 Å². The van der Waals surface area contributed by atoms with Gasteiger partial charge in [-0.25, -0.2) is 0 Å². The van der Waals surface area contributed by atoms with Crippen molar-refractivity contribution >= 4 is 17.5 Å². The lowest BCUT2D eigenvalue weighted by molar-refractivity contribution is -0.117. The van der Waals surface area contributed by atoms with Crippen molar-refractivity contribution in [2.45, 2.75) is 59.8 Å². The van der Waals surface area contributed by atoms with Gasteiger partial charge in [0, 0.05) is 24.3 Å². The van der Waals surface area contributed by atoms with Gasteiger partial charge in [-0.1, -0.05) is 58.0 Å². The second-order valence-corrected chi connectivity index (χ2v) is 8.42. The minimum absolute atomic E-state index is 0.0172. The largest absolute Gasteiger partial charge is 0.339 e. The molecule has 30 heavy (non-hydrogen) atoms. The molecule has 0 heterocycles. The van der Waals surface area contributed by atoms with E-state index in [2.05, 4.69) is 45.1 Å². The first-order chi connectivity index (χ1) is 14.3. The summed E-state index contributed by atoms with van der Waals surface area (Å²) < 4.78 is 0. The molecule has 0 bridgehead atoms. The summed E-state index contributed by atoms with van der Waals surface area (Å²) in [7, 11) is 0. The maximum atomic E-state index is 12.8. The summed E-state index contributed by atoms with van der Waals surface area (Å²) in [6.45, 7) is 11.9. The van der Waals surface area contributed by atoms with E-state index in [1.807, 2.05) is 42.2 Å². The Labute approximate surface area is 181 Å². The minimum Gasteiger partial charge on any atom is -0.339 e. The molecule has 0 fully saturated rings. The highest BCUT2D eigenvalue weighted by Crippen LogP contribution is 2.21. The second-order valence-electron chi connectivity index (χ2n) is 8.42. The van der Waals surface area contributed by atoms with Crippen molar-refractivity contribution in [3.8, 4) is 0 Å². The Morgan fingerprint density at radius 1 is 0.933 bits per heavy atom. The van der Waals surface area contributed by atoms with Crippen LogP contribution in [-0.4, -0.2) is 29.8 Å². The van der Waals surface area contributed by atoms with Crippen LogP contribution in [0.1, 0.15) is 74.9 Å². The van der Waals surface area contributed by atoms with Crippen LogP contribution in [0.25, 0.3) is 0 Å². The highest BCUT2D eigenvalue weighted by molar-refractivity contribution is 5.98. The van der Waals surface area contributed by atoms with Gasteiger partial charge < -0.3 is 10.2 Å². The maximum absolute atomic E-state index is 12.8. The highest BCUT2D eigenvalue weighted by atomic mass is 16.2. The summed E-state index contributed by atoms with van der Waals surface area (Å²) in [6, 6.07) is 15.5. The third kappa shape index (κ3) is 6.72. The molecule has 0 aliphatic carbocycles. The van der Waals surface area contributed by atoms with Crippen LogP contribution in [0.15, 0.2) is 48.5 Å². The number of nitrogens with one attached hydrogen (secondary N) is 1. The maximum Gasteiger partial charge on any atom is 0.253 e. The molecule has 2 aromatic carbocycles. The number of carbonyl (C=O) groups is 2. The summed E-state index contributed by atoms with van der Waals surface area (Å²) in [5.74, 6) is 0.282. The highest BCUT2D eigenvalue weighted by Gasteiger charge is 2.18. The van der Waals surface area contributed by atoms with E-state index < -0.39 is 0 Å². The Hall–Kier alpha value is -2.62. The van der Waals surface area contributed by atoms with Crippen molar-refractivity contribution in [2.75, 3.05) is 18.4 Å². The van der Waals surface area contributed by atoms with E-state index in [0.717, 1.165) is 37.9 Å². The first-order valence-corrected chi connectivity index (χ1v) is 11.1. The molecule has 0 aliphatic heterocycles. The lowest BCUT2D eigenvalue weighted by atomic mass is 9.96. The van der Waals surface area contributed by atoms with E-state index in [9.17, 15) is 9.59 Å². The van der Waals surface area contributed by atoms with Crippen molar-refractivity contribution in [3.63, 3.8) is 0 Å². The van der Waals surface area contributed by atoms with Gasteiger partial charge in [-0.05, 0) is 61.4 Å². The zero-order chi connectivity index (χ0) is 22.1. The Kier molecular flexibility index (Phi) is 9.10. The monoisotopic (exact) mass is 408 g/mol. The fourth-order valence-corrected chi connectivity index (χ4v) is 3.58. The SMILES string of the molecule is CCCN(CCC)C(=O)c1cccc(NC(=O)C(C)c2ccc(CC(C)C)cc2)c1. The Balaban J connectivity index is 2.07. The van der Waals surface area contributed by atoms with E-state index in [4.69, 9.17) is 0 Å². The lowest BCUT2D eigenvalue weighted by Gasteiger charge is -2.22. The fourth-order valence-electron chi connectivity index (χ4n) is 3.58. The van der Waals surface area contributed by atoms with Crippen molar-refractivity contribution in [3.05, 3.63) is 65.2 Å². The Morgan fingerprint density at radius 2 is 1.57 bits per heavy atom. The Bertz CT molecular complexity index is 821. The molecule has 0 saturated heterocycles. The number of anilines is 1. The van der Waals surface area contributed by atoms with Gasteiger partial charge in [0.25, 0.3) is 5.91 Å². The van der Waals surface area contributed by atoms with Crippen LogP contribution in [0.2, 0.25) is 0 Å². The second kappa shape index (κ2) is 11.5. The number of amides is 2. The van der Waals surface area contributed by atoms with E-state index >= 15 is 0 Å². The third-order valence-electron chi connectivity index (χ3n) is 5.17. The number of hydrogen-bond donors (Lipinski definition) is 1. The van der Waals surface area contributed by atoms with E-state index in [1.54, 1.807) is 6.07 Å². The predicted octanol–water partition coefficient (Wildman–Crippen LogP) is 5.89. The van der Waals surface area contributed by atoms with Gasteiger partial charge in [-0.2, -0.15) is 0 Å². The first kappa shape index (κ1) is 23.7. The zero-order valence-electron chi connectivity index (χ0n) is 19.1. The lowest BCUT2D eigenvalue weighted by Crippen LogP contribution is -2.32. The van der Waals surface area contributed by atoms with Crippen LogP contribution in [0, 0.1) is 5.92 Å². The molecule has 2 amide bonds. The van der Waals surface area contributed by atoms with Crippen molar-refractivity contribution < 1.29 is 9.59 Å². The van der Waals surface area contributed by atoms with E-state index in [0.29, 0.717) is 17.2 Å². The minimum atomic E-state index is -0.269. The number of nitrogens with zero attached hydrogens (tertiary/aromatic N) is 1. The molecule has 0 radical (unpaired) electrons. The van der Waals surface area contributed by atoms with E-state index in [1.165, 1.54) is 5.56 Å². The van der Waals surface area contributed by atoms with Gasteiger partial charge in [0.1, 0.15) is 0 Å². The standard InChI is InChI=1S/C26H36N2O2/c1-6-15-28(16-7-2)26(30)23-9-8-10-24(18-23)27-25(29)20(5)22-13-11-21(12-14-22)17-19(3)4/h8-14,18-20H,6-7,15-17H2,1-5H3,(H,27,29). The quantitative estimate of drug-likeness (QED) is 0.533. The summed E-state index contributed by atoms with van der Waals surface area (Å²) in [5.41, 5.74) is 3.54. The molecule has 1 unspecified atom stereocenters. The molecular weight excluding hydrogens is 372 g/mol. The van der Waals surface area contributed by atoms with Crippen LogP contribution in [0.4, 0.5) is 5.69 Å². The number of rotatable bonds is 10. The van der Waals surface area contributed by atoms with Gasteiger partial charge in [-0.3, -0.25) is 9.59 Å². The molecule has 1 atom stereocenters. The number of benzene rings is 2. The summed E-state index contributed by atoms with van der Waals surface area (Å²) in [4.78, 5) is 27.5. The average Bonchev–Trinajstić information content (AvgIpc) is 2.73. The topological polar surface area (TPSA) is 49.4 Å². The molecule has 0 aromatic heterocycles. The zero-order valence-corrected chi connectivity index (χ0v) is 19.1. The average molecular weight is 409 g/mol. The molecular formula is C26H36N2O2. The van der Waals surface area contributed by atoms with Crippen LogP contribution in [0.3, 0.4) is 0 Å².